The van der Waals surface area contributed by atoms with E-state index in [1.165, 1.54) is 16.9 Å². The monoisotopic (exact) mass is 656 g/mol. The van der Waals surface area contributed by atoms with Crippen LogP contribution in [0, 0.1) is 6.92 Å². The highest BCUT2D eigenvalue weighted by Crippen LogP contribution is 2.32. The van der Waals surface area contributed by atoms with Crippen molar-refractivity contribution in [2.24, 2.45) is 0 Å². The molecular weight excluding hydrogens is 617 g/mol. The van der Waals surface area contributed by atoms with Crippen LogP contribution in [0.1, 0.15) is 77.1 Å². The Morgan fingerprint density at radius 1 is 0.812 bits per heavy atom. The minimum Gasteiger partial charge on any atom is -0.341 e. The zero-order valence-corrected chi connectivity index (χ0v) is 28.6. The van der Waals surface area contributed by atoms with Gasteiger partial charge in [0.15, 0.2) is 5.13 Å². The van der Waals surface area contributed by atoms with Crippen LogP contribution in [0.15, 0.2) is 102 Å². The number of hydrogen-bond acceptors (Lipinski definition) is 5. The summed E-state index contributed by atoms with van der Waals surface area (Å²) in [6.07, 6.45) is 1.94. The van der Waals surface area contributed by atoms with Gasteiger partial charge in [-0.05, 0) is 71.2 Å². The molecule has 0 spiro atoms. The molecule has 2 N–H and O–H groups in total. The molecule has 1 saturated heterocycles. The van der Waals surface area contributed by atoms with Crippen LogP contribution in [0.3, 0.4) is 0 Å². The van der Waals surface area contributed by atoms with Crippen molar-refractivity contribution in [3.63, 3.8) is 0 Å². The largest absolute Gasteiger partial charge is 0.341 e. The summed E-state index contributed by atoms with van der Waals surface area (Å²) in [4.78, 5) is 47.1. The van der Waals surface area contributed by atoms with E-state index in [0.717, 1.165) is 40.7 Å². The van der Waals surface area contributed by atoms with Crippen molar-refractivity contribution in [1.29, 1.82) is 0 Å². The summed E-state index contributed by atoms with van der Waals surface area (Å²) in [6, 6.07) is 29.9. The SMILES string of the molecule is Cc1cccc(C(=O)Nc2nc(-c3cccc(C(=O)N[C@H](C(=O)N4CCCC4)c4ccccc4)c3)cs2)c1-c1ccc(C(C)(C)C)cc1. The molecule has 0 bridgehead atoms. The van der Waals surface area contributed by atoms with Crippen LogP contribution in [0.2, 0.25) is 0 Å². The molecule has 3 amide bonds. The van der Waals surface area contributed by atoms with E-state index >= 15 is 0 Å². The highest BCUT2D eigenvalue weighted by atomic mass is 32.1. The van der Waals surface area contributed by atoms with Gasteiger partial charge in [-0.15, -0.1) is 11.3 Å². The molecule has 1 aliphatic heterocycles. The molecule has 6 rings (SSSR count). The van der Waals surface area contributed by atoms with Crippen LogP contribution in [-0.4, -0.2) is 40.7 Å². The zero-order valence-electron chi connectivity index (χ0n) is 27.7. The third kappa shape index (κ3) is 7.24. The topological polar surface area (TPSA) is 91.4 Å². The molecule has 0 aliphatic carbocycles. The molecule has 1 aliphatic rings. The van der Waals surface area contributed by atoms with E-state index in [0.29, 0.717) is 35.0 Å². The average Bonchev–Trinajstić information content (AvgIpc) is 3.80. The van der Waals surface area contributed by atoms with E-state index in [2.05, 4.69) is 55.7 Å². The number of hydrogen-bond donors (Lipinski definition) is 2. The standard InChI is InChI=1S/C40H40N4O3S/c1-26-12-10-17-32(34(26)27-18-20-31(21-19-27)40(2,3)4)37(46)43-39-41-33(25-48-39)29-15-11-16-30(24-29)36(45)42-35(28-13-6-5-7-14-28)38(47)44-22-8-9-23-44/h5-7,10-21,24-25,35H,8-9,22-23H2,1-4H3,(H,42,45)(H,41,43,46)/t35-/m0/s1. The number of amides is 3. The molecule has 5 aromatic rings. The van der Waals surface area contributed by atoms with Gasteiger partial charge in [-0.2, -0.15) is 0 Å². The van der Waals surface area contributed by atoms with Gasteiger partial charge in [0.2, 0.25) is 5.91 Å². The number of aryl methyl sites for hydroxylation is 1. The van der Waals surface area contributed by atoms with E-state index in [1.807, 2.05) is 71.8 Å². The summed E-state index contributed by atoms with van der Waals surface area (Å²) in [5.74, 6) is -0.677. The van der Waals surface area contributed by atoms with E-state index in [1.54, 1.807) is 18.2 Å². The number of carbonyl (C=O) groups excluding carboxylic acids is 3. The molecule has 1 atom stereocenters. The van der Waals surface area contributed by atoms with Gasteiger partial charge in [0.05, 0.1) is 5.69 Å². The second-order valence-corrected chi connectivity index (χ2v) is 14.1. The first kappa shape index (κ1) is 32.8. The minimum absolute atomic E-state index is 0.0350. The first-order chi connectivity index (χ1) is 23.1. The van der Waals surface area contributed by atoms with Crippen LogP contribution in [-0.2, 0) is 10.2 Å². The molecule has 0 unspecified atom stereocenters. The maximum absolute atomic E-state index is 13.6. The van der Waals surface area contributed by atoms with Gasteiger partial charge in [0.25, 0.3) is 11.8 Å². The fraction of sp³-hybridized carbons (Fsp3) is 0.250. The highest BCUT2D eigenvalue weighted by Gasteiger charge is 2.29. The average molecular weight is 657 g/mol. The summed E-state index contributed by atoms with van der Waals surface area (Å²) in [6.45, 7) is 9.96. The molecule has 1 aromatic heterocycles. The third-order valence-electron chi connectivity index (χ3n) is 8.78. The lowest BCUT2D eigenvalue weighted by Crippen LogP contribution is -2.41. The van der Waals surface area contributed by atoms with Gasteiger partial charge in [-0.25, -0.2) is 4.98 Å². The molecular formula is C40H40N4O3S. The first-order valence-corrected chi connectivity index (χ1v) is 17.2. The summed E-state index contributed by atoms with van der Waals surface area (Å²) >= 11 is 1.32. The fourth-order valence-corrected chi connectivity index (χ4v) is 6.81. The van der Waals surface area contributed by atoms with Crippen molar-refractivity contribution in [1.82, 2.24) is 15.2 Å². The Bertz CT molecular complexity index is 1940. The molecule has 7 nitrogen and oxygen atoms in total. The Kier molecular flexibility index (Phi) is 9.55. The molecule has 8 heteroatoms. The van der Waals surface area contributed by atoms with Gasteiger partial charge in [-0.1, -0.05) is 99.6 Å². The van der Waals surface area contributed by atoms with E-state index in [4.69, 9.17) is 4.98 Å². The van der Waals surface area contributed by atoms with Crippen LogP contribution < -0.4 is 10.6 Å². The highest BCUT2D eigenvalue weighted by molar-refractivity contribution is 7.14. The molecule has 244 valence electrons. The van der Waals surface area contributed by atoms with Gasteiger partial charge in [-0.3, -0.25) is 19.7 Å². The lowest BCUT2D eigenvalue weighted by Gasteiger charge is -2.24. The minimum atomic E-state index is -0.774. The van der Waals surface area contributed by atoms with Crippen molar-refractivity contribution in [2.75, 3.05) is 18.4 Å². The number of rotatable bonds is 8. The molecule has 48 heavy (non-hydrogen) atoms. The molecule has 2 heterocycles. The number of nitrogens with one attached hydrogen (secondary N) is 2. The second-order valence-electron chi connectivity index (χ2n) is 13.2. The molecule has 0 radical (unpaired) electrons. The Hall–Kier alpha value is -5.08. The summed E-state index contributed by atoms with van der Waals surface area (Å²) in [5, 5.41) is 8.29. The van der Waals surface area contributed by atoms with Gasteiger partial charge < -0.3 is 10.2 Å². The normalized spacial score (nSPS) is 13.6. The lowest BCUT2D eigenvalue weighted by atomic mass is 9.85. The summed E-state index contributed by atoms with van der Waals surface area (Å²) < 4.78 is 0. The number of anilines is 1. The zero-order chi connectivity index (χ0) is 33.8. The number of benzene rings is 4. The van der Waals surface area contributed by atoms with Crippen molar-refractivity contribution in [2.45, 2.75) is 52.0 Å². The second kappa shape index (κ2) is 14.0. The van der Waals surface area contributed by atoms with Crippen molar-refractivity contribution < 1.29 is 14.4 Å². The fourth-order valence-electron chi connectivity index (χ4n) is 6.09. The smallest absolute Gasteiger partial charge is 0.258 e. The Morgan fingerprint density at radius 2 is 1.52 bits per heavy atom. The van der Waals surface area contributed by atoms with Gasteiger partial charge in [0.1, 0.15) is 6.04 Å². The maximum atomic E-state index is 13.6. The molecule has 4 aromatic carbocycles. The van der Waals surface area contributed by atoms with Crippen LogP contribution >= 0.6 is 11.3 Å². The number of aromatic nitrogens is 1. The van der Waals surface area contributed by atoms with E-state index in [-0.39, 0.29) is 23.1 Å². The van der Waals surface area contributed by atoms with Gasteiger partial charge in [0, 0.05) is 35.2 Å². The maximum Gasteiger partial charge on any atom is 0.258 e. The Morgan fingerprint density at radius 3 is 2.23 bits per heavy atom. The number of carbonyl (C=O) groups is 3. The first-order valence-electron chi connectivity index (χ1n) is 16.3. The Balaban J connectivity index is 1.19. The lowest BCUT2D eigenvalue weighted by molar-refractivity contribution is -0.132. The van der Waals surface area contributed by atoms with Crippen molar-refractivity contribution in [3.05, 3.63) is 130 Å². The number of nitrogens with zero attached hydrogens (tertiary/aromatic N) is 2. The Labute approximate surface area is 286 Å². The molecule has 1 fully saturated rings. The predicted molar refractivity (Wildman–Crippen MR) is 193 cm³/mol. The van der Waals surface area contributed by atoms with Crippen LogP contribution in [0.25, 0.3) is 22.4 Å². The third-order valence-corrected chi connectivity index (χ3v) is 9.53. The predicted octanol–water partition coefficient (Wildman–Crippen LogP) is 8.43. The summed E-state index contributed by atoms with van der Waals surface area (Å²) in [7, 11) is 0. The molecule has 0 saturated carbocycles. The quantitative estimate of drug-likeness (QED) is 0.175. The summed E-state index contributed by atoms with van der Waals surface area (Å²) in [5.41, 5.74) is 7.27. The van der Waals surface area contributed by atoms with E-state index < -0.39 is 6.04 Å². The van der Waals surface area contributed by atoms with Gasteiger partial charge >= 0.3 is 0 Å². The number of thiazole rings is 1. The van der Waals surface area contributed by atoms with E-state index in [9.17, 15) is 14.4 Å². The number of likely N-dealkylation sites (tertiary alicyclic amines) is 1. The van der Waals surface area contributed by atoms with Crippen LogP contribution in [0.4, 0.5) is 5.13 Å². The van der Waals surface area contributed by atoms with Crippen molar-refractivity contribution in [3.8, 4) is 22.4 Å². The van der Waals surface area contributed by atoms with Crippen molar-refractivity contribution >= 4 is 34.2 Å². The van der Waals surface area contributed by atoms with Crippen LogP contribution in [0.5, 0.6) is 0 Å².